The Labute approximate surface area is 61.0 Å². The summed E-state index contributed by atoms with van der Waals surface area (Å²) in [5.41, 5.74) is 5.23. The van der Waals surface area contributed by atoms with Gasteiger partial charge >= 0.3 is 0 Å². The summed E-state index contributed by atoms with van der Waals surface area (Å²) in [6.45, 7) is 1.71. The highest BCUT2D eigenvalue weighted by molar-refractivity contribution is 4.56. The van der Waals surface area contributed by atoms with Crippen molar-refractivity contribution in [1.29, 1.82) is 0 Å². The van der Waals surface area contributed by atoms with Crippen LogP contribution in [0.15, 0.2) is 0 Å². The van der Waals surface area contributed by atoms with E-state index < -0.39 is 6.10 Å². The Hall–Kier alpha value is -0.160. The summed E-state index contributed by atoms with van der Waals surface area (Å²) in [6.07, 6.45) is 0.260. The molecular formula is C6H16N2O2. The Morgan fingerprint density at radius 2 is 2.20 bits per heavy atom. The van der Waals surface area contributed by atoms with Crippen LogP contribution in [0.1, 0.15) is 6.42 Å². The molecule has 0 fully saturated rings. The Balaban J connectivity index is 2.89. The first-order valence-corrected chi connectivity index (χ1v) is 3.51. The molecule has 0 aliphatic heterocycles. The zero-order valence-corrected chi connectivity index (χ0v) is 6.08. The summed E-state index contributed by atoms with van der Waals surface area (Å²) in [4.78, 5) is 0. The molecular weight excluding hydrogens is 132 g/mol. The minimum Gasteiger partial charge on any atom is -0.394 e. The van der Waals surface area contributed by atoms with E-state index in [2.05, 4.69) is 5.32 Å². The molecule has 0 rings (SSSR count). The lowest BCUT2D eigenvalue weighted by atomic mass is 10.3. The molecule has 1 atom stereocenters. The highest BCUT2D eigenvalue weighted by Crippen LogP contribution is 1.76. The number of rotatable bonds is 6. The van der Waals surface area contributed by atoms with Gasteiger partial charge in [0.05, 0.1) is 12.7 Å². The lowest BCUT2D eigenvalue weighted by Crippen LogP contribution is -2.30. The van der Waals surface area contributed by atoms with Crippen LogP contribution >= 0.6 is 0 Å². The lowest BCUT2D eigenvalue weighted by Gasteiger charge is -2.07. The van der Waals surface area contributed by atoms with E-state index in [9.17, 15) is 0 Å². The SMILES string of the molecule is NCCCNCC(O)CO. The number of aliphatic hydroxyl groups excluding tert-OH is 2. The smallest absolute Gasteiger partial charge is 0.0894 e. The molecule has 1 unspecified atom stereocenters. The summed E-state index contributed by atoms with van der Waals surface area (Å²) in [6, 6.07) is 0. The van der Waals surface area contributed by atoms with Gasteiger partial charge in [0.15, 0.2) is 0 Å². The molecule has 0 radical (unpaired) electrons. The number of nitrogens with one attached hydrogen (secondary N) is 1. The predicted molar refractivity (Wildman–Crippen MR) is 39.6 cm³/mol. The second-order valence-corrected chi connectivity index (χ2v) is 2.18. The summed E-state index contributed by atoms with van der Waals surface area (Å²) < 4.78 is 0. The standard InChI is InChI=1S/C6H16N2O2/c7-2-1-3-8-4-6(10)5-9/h6,8-10H,1-5,7H2. The topological polar surface area (TPSA) is 78.5 Å². The third-order valence-electron chi connectivity index (χ3n) is 1.15. The van der Waals surface area contributed by atoms with Crippen molar-refractivity contribution in [1.82, 2.24) is 5.32 Å². The molecule has 4 nitrogen and oxygen atoms in total. The van der Waals surface area contributed by atoms with Crippen LogP contribution in [0.2, 0.25) is 0 Å². The van der Waals surface area contributed by atoms with Crippen molar-refractivity contribution in [2.45, 2.75) is 12.5 Å². The van der Waals surface area contributed by atoms with Crippen molar-refractivity contribution in [3.63, 3.8) is 0 Å². The minimum absolute atomic E-state index is 0.185. The molecule has 5 N–H and O–H groups in total. The first kappa shape index (κ1) is 9.84. The quantitative estimate of drug-likeness (QED) is 0.338. The van der Waals surface area contributed by atoms with Crippen LogP contribution in [-0.4, -0.2) is 42.6 Å². The summed E-state index contributed by atoms with van der Waals surface area (Å²) >= 11 is 0. The van der Waals surface area contributed by atoms with Gasteiger partial charge in [0.2, 0.25) is 0 Å². The van der Waals surface area contributed by atoms with E-state index in [4.69, 9.17) is 15.9 Å². The molecule has 10 heavy (non-hydrogen) atoms. The van der Waals surface area contributed by atoms with Gasteiger partial charge < -0.3 is 21.3 Å². The first-order chi connectivity index (χ1) is 4.81. The molecule has 0 amide bonds. The molecule has 0 aliphatic rings. The zero-order valence-electron chi connectivity index (χ0n) is 6.08. The van der Waals surface area contributed by atoms with Gasteiger partial charge in [-0.25, -0.2) is 0 Å². The maximum Gasteiger partial charge on any atom is 0.0894 e. The van der Waals surface area contributed by atoms with Gasteiger partial charge in [-0.3, -0.25) is 0 Å². The van der Waals surface area contributed by atoms with Crippen LogP contribution < -0.4 is 11.1 Å². The number of hydrogen-bond acceptors (Lipinski definition) is 4. The van der Waals surface area contributed by atoms with Crippen molar-refractivity contribution >= 4 is 0 Å². The Morgan fingerprint density at radius 3 is 2.70 bits per heavy atom. The average Bonchev–Trinajstić information content (AvgIpc) is 1.98. The minimum atomic E-state index is -0.641. The maximum atomic E-state index is 8.81. The van der Waals surface area contributed by atoms with Crippen LogP contribution in [0.25, 0.3) is 0 Å². The van der Waals surface area contributed by atoms with Crippen molar-refractivity contribution in [2.24, 2.45) is 5.73 Å². The molecule has 0 aromatic heterocycles. The van der Waals surface area contributed by atoms with Gasteiger partial charge in [-0.15, -0.1) is 0 Å². The third kappa shape index (κ3) is 5.97. The van der Waals surface area contributed by atoms with Crippen LogP contribution in [0.4, 0.5) is 0 Å². The van der Waals surface area contributed by atoms with Crippen molar-refractivity contribution in [3.8, 4) is 0 Å². The lowest BCUT2D eigenvalue weighted by molar-refractivity contribution is 0.0946. The summed E-state index contributed by atoms with van der Waals surface area (Å²) in [5, 5.41) is 20.1. The molecule has 62 valence electrons. The zero-order chi connectivity index (χ0) is 7.82. The van der Waals surface area contributed by atoms with Crippen molar-refractivity contribution in [3.05, 3.63) is 0 Å². The highest BCUT2D eigenvalue weighted by Gasteiger charge is 1.98. The number of nitrogens with two attached hydrogens (primary N) is 1. The normalized spacial score (nSPS) is 13.5. The molecule has 0 bridgehead atoms. The van der Waals surface area contributed by atoms with Crippen LogP contribution in [-0.2, 0) is 0 Å². The molecule has 0 saturated carbocycles. The van der Waals surface area contributed by atoms with E-state index in [0.717, 1.165) is 13.0 Å². The molecule has 0 spiro atoms. The second kappa shape index (κ2) is 6.95. The summed E-state index contributed by atoms with van der Waals surface area (Å²) in [5.74, 6) is 0. The second-order valence-electron chi connectivity index (χ2n) is 2.18. The van der Waals surface area contributed by atoms with Crippen molar-refractivity contribution < 1.29 is 10.2 Å². The van der Waals surface area contributed by atoms with Crippen LogP contribution in [0.5, 0.6) is 0 Å². The van der Waals surface area contributed by atoms with Crippen LogP contribution in [0.3, 0.4) is 0 Å². The van der Waals surface area contributed by atoms with E-state index >= 15 is 0 Å². The van der Waals surface area contributed by atoms with Gasteiger partial charge in [0.25, 0.3) is 0 Å². The number of aliphatic hydroxyl groups is 2. The predicted octanol–water partition coefficient (Wildman–Crippen LogP) is -1.72. The van der Waals surface area contributed by atoms with E-state index in [1.54, 1.807) is 0 Å². The van der Waals surface area contributed by atoms with E-state index in [1.165, 1.54) is 0 Å². The molecule has 0 heterocycles. The molecule has 0 aromatic carbocycles. The van der Waals surface area contributed by atoms with Gasteiger partial charge in [0.1, 0.15) is 0 Å². The van der Waals surface area contributed by atoms with E-state index in [-0.39, 0.29) is 6.61 Å². The molecule has 0 aliphatic carbocycles. The summed E-state index contributed by atoms with van der Waals surface area (Å²) in [7, 11) is 0. The van der Waals surface area contributed by atoms with E-state index in [1.807, 2.05) is 0 Å². The van der Waals surface area contributed by atoms with Gasteiger partial charge in [-0.05, 0) is 19.5 Å². The molecule has 0 saturated heterocycles. The Kier molecular flexibility index (Phi) is 6.84. The fourth-order valence-corrected chi connectivity index (χ4v) is 0.560. The largest absolute Gasteiger partial charge is 0.394 e. The van der Waals surface area contributed by atoms with Crippen LogP contribution in [0, 0.1) is 0 Å². The Morgan fingerprint density at radius 1 is 1.50 bits per heavy atom. The van der Waals surface area contributed by atoms with Gasteiger partial charge in [-0.1, -0.05) is 0 Å². The fraction of sp³-hybridized carbons (Fsp3) is 1.00. The monoisotopic (exact) mass is 148 g/mol. The maximum absolute atomic E-state index is 8.81. The number of hydrogen-bond donors (Lipinski definition) is 4. The molecule has 4 heteroatoms. The van der Waals surface area contributed by atoms with E-state index in [0.29, 0.717) is 13.1 Å². The Bertz CT molecular complexity index is 70.8. The van der Waals surface area contributed by atoms with Gasteiger partial charge in [0, 0.05) is 6.54 Å². The van der Waals surface area contributed by atoms with Crippen molar-refractivity contribution in [2.75, 3.05) is 26.2 Å². The van der Waals surface area contributed by atoms with Gasteiger partial charge in [-0.2, -0.15) is 0 Å². The average molecular weight is 148 g/mol. The molecule has 0 aromatic rings. The third-order valence-corrected chi connectivity index (χ3v) is 1.15. The fourth-order valence-electron chi connectivity index (χ4n) is 0.560. The first-order valence-electron chi connectivity index (χ1n) is 3.51. The highest BCUT2D eigenvalue weighted by atomic mass is 16.3.